The van der Waals surface area contributed by atoms with E-state index < -0.39 is 18.0 Å². The number of rotatable bonds is 5. The maximum absolute atomic E-state index is 12.4. The molecule has 1 unspecified atom stereocenters. The van der Waals surface area contributed by atoms with Gasteiger partial charge >= 0.3 is 5.97 Å². The van der Waals surface area contributed by atoms with Crippen molar-refractivity contribution >= 4 is 28.5 Å². The Kier molecular flexibility index (Phi) is 4.17. The van der Waals surface area contributed by atoms with Gasteiger partial charge in [-0.2, -0.15) is 0 Å². The van der Waals surface area contributed by atoms with Gasteiger partial charge in [0.2, 0.25) is 0 Å². The van der Waals surface area contributed by atoms with Crippen molar-refractivity contribution in [3.63, 3.8) is 0 Å². The molecule has 0 saturated heterocycles. The molecule has 0 aliphatic carbocycles. The highest BCUT2D eigenvalue weighted by Crippen LogP contribution is 2.27. The summed E-state index contributed by atoms with van der Waals surface area (Å²) in [4.78, 5) is 23.9. The summed E-state index contributed by atoms with van der Waals surface area (Å²) in [5.74, 6) is 3.54. The topological polar surface area (TPSA) is 106 Å². The monoisotopic (exact) mass is 326 g/mol. The lowest BCUT2D eigenvalue weighted by molar-refractivity contribution is -0.150. The van der Waals surface area contributed by atoms with Crippen molar-refractivity contribution in [2.24, 2.45) is 5.84 Å². The number of amides is 1. The third-order valence-corrected chi connectivity index (χ3v) is 3.41. The number of anilines is 1. The number of carboxylic acid groups (broad SMARTS) is 1. The highest BCUT2D eigenvalue weighted by molar-refractivity contribution is 6.08. The molecule has 0 saturated carbocycles. The van der Waals surface area contributed by atoms with Crippen LogP contribution in [-0.2, 0) is 9.59 Å². The lowest BCUT2D eigenvalue weighted by atomic mass is 10.2. The highest BCUT2D eigenvalue weighted by Gasteiger charge is 2.33. The van der Waals surface area contributed by atoms with Gasteiger partial charge in [-0.1, -0.05) is 30.3 Å². The Labute approximate surface area is 136 Å². The summed E-state index contributed by atoms with van der Waals surface area (Å²) in [5.41, 5.74) is 0.716. The minimum Gasteiger partial charge on any atom is -0.478 e. The zero-order valence-corrected chi connectivity index (χ0v) is 12.5. The molecular formula is C17H14N2O5. The zero-order valence-electron chi connectivity index (χ0n) is 12.5. The highest BCUT2D eigenvalue weighted by atomic mass is 16.5. The summed E-state index contributed by atoms with van der Waals surface area (Å²) in [6, 6.07) is 15.0. The second-order valence-corrected chi connectivity index (χ2v) is 4.98. The first-order valence-corrected chi connectivity index (χ1v) is 7.07. The Bertz CT molecular complexity index is 875. The minimum atomic E-state index is -1.80. The maximum atomic E-state index is 12.4. The first-order valence-electron chi connectivity index (χ1n) is 7.07. The molecule has 3 rings (SSSR count). The van der Waals surface area contributed by atoms with Crippen molar-refractivity contribution in [2.75, 3.05) is 5.01 Å². The molecule has 0 bridgehead atoms. The summed E-state index contributed by atoms with van der Waals surface area (Å²) in [6.07, 6.45) is -0.347. The minimum absolute atomic E-state index is 0.153. The normalized spacial score (nSPS) is 11.9. The largest absolute Gasteiger partial charge is 0.478 e. The first kappa shape index (κ1) is 15.6. The van der Waals surface area contributed by atoms with Crippen LogP contribution in [-0.4, -0.2) is 23.1 Å². The fourth-order valence-corrected chi connectivity index (χ4v) is 2.23. The number of nitrogens with two attached hydrogens (primary N) is 1. The number of para-hydroxylation sites is 2. The van der Waals surface area contributed by atoms with Crippen molar-refractivity contribution in [2.45, 2.75) is 6.10 Å². The molecule has 7 heteroatoms. The van der Waals surface area contributed by atoms with Crippen LogP contribution in [0.5, 0.6) is 5.75 Å². The van der Waals surface area contributed by atoms with Crippen LogP contribution in [0.3, 0.4) is 0 Å². The number of furan rings is 1. The predicted octanol–water partition coefficient (Wildman–Crippen LogP) is 2.17. The fourth-order valence-electron chi connectivity index (χ4n) is 2.23. The number of nitrogens with zero attached hydrogens (tertiary/aromatic N) is 1. The van der Waals surface area contributed by atoms with Crippen molar-refractivity contribution in [1.29, 1.82) is 0 Å². The lowest BCUT2D eigenvalue weighted by Crippen LogP contribution is -2.49. The van der Waals surface area contributed by atoms with Crippen LogP contribution in [0.2, 0.25) is 0 Å². The molecule has 1 amide bonds. The van der Waals surface area contributed by atoms with Gasteiger partial charge in [0.25, 0.3) is 12.0 Å². The fraction of sp³-hybridized carbons (Fsp3) is 0.0588. The van der Waals surface area contributed by atoms with Crippen LogP contribution in [0.25, 0.3) is 11.0 Å². The Morgan fingerprint density at radius 1 is 1.08 bits per heavy atom. The third kappa shape index (κ3) is 2.92. The predicted molar refractivity (Wildman–Crippen MR) is 86.4 cm³/mol. The molecule has 122 valence electrons. The van der Waals surface area contributed by atoms with Gasteiger partial charge in [-0.3, -0.25) is 4.79 Å². The van der Waals surface area contributed by atoms with Gasteiger partial charge < -0.3 is 14.3 Å². The van der Waals surface area contributed by atoms with E-state index in [-0.39, 0.29) is 5.75 Å². The Morgan fingerprint density at radius 3 is 2.54 bits per heavy atom. The van der Waals surface area contributed by atoms with Gasteiger partial charge in [0.1, 0.15) is 0 Å². The molecule has 24 heavy (non-hydrogen) atoms. The molecule has 1 heterocycles. The molecule has 2 aromatic carbocycles. The van der Waals surface area contributed by atoms with Gasteiger partial charge in [-0.05, 0) is 24.3 Å². The Hall–Kier alpha value is -3.32. The molecule has 0 spiro atoms. The molecule has 0 aliphatic rings. The lowest BCUT2D eigenvalue weighted by Gasteiger charge is -2.21. The van der Waals surface area contributed by atoms with Gasteiger partial charge in [-0.15, -0.1) is 0 Å². The van der Waals surface area contributed by atoms with E-state index >= 15 is 0 Å². The van der Waals surface area contributed by atoms with Gasteiger partial charge in [-0.25, -0.2) is 15.6 Å². The summed E-state index contributed by atoms with van der Waals surface area (Å²) in [7, 11) is 0. The molecule has 0 radical (unpaired) electrons. The average Bonchev–Trinajstić information content (AvgIpc) is 3.08. The molecule has 7 nitrogen and oxygen atoms in total. The quantitative estimate of drug-likeness (QED) is 0.322. The number of carbonyl (C=O) groups is 2. The van der Waals surface area contributed by atoms with Crippen LogP contribution in [0, 0.1) is 0 Å². The zero-order chi connectivity index (χ0) is 17.1. The molecule has 1 aromatic heterocycles. The van der Waals surface area contributed by atoms with E-state index in [0.29, 0.717) is 11.3 Å². The number of carbonyl (C=O) groups excluding carboxylic acids is 1. The van der Waals surface area contributed by atoms with Crippen molar-refractivity contribution in [1.82, 2.24) is 0 Å². The van der Waals surface area contributed by atoms with E-state index in [1.165, 1.54) is 12.3 Å². The average molecular weight is 326 g/mol. The summed E-state index contributed by atoms with van der Waals surface area (Å²) in [6.45, 7) is 0. The van der Waals surface area contributed by atoms with Crippen molar-refractivity contribution in [3.8, 4) is 5.75 Å². The number of carboxylic acids is 1. The van der Waals surface area contributed by atoms with Crippen LogP contribution in [0.4, 0.5) is 5.69 Å². The van der Waals surface area contributed by atoms with Gasteiger partial charge in [0.05, 0.1) is 12.0 Å². The van der Waals surface area contributed by atoms with E-state index in [0.717, 1.165) is 10.4 Å². The van der Waals surface area contributed by atoms with Gasteiger partial charge in [0, 0.05) is 5.39 Å². The molecule has 0 aliphatic heterocycles. The molecular weight excluding hydrogens is 312 g/mol. The third-order valence-electron chi connectivity index (χ3n) is 3.41. The SMILES string of the molecule is NN(C(=O)C(Oc1cccc2ccoc12)C(=O)O)c1ccccc1. The molecule has 1 atom stereocenters. The number of hydrogen-bond acceptors (Lipinski definition) is 5. The van der Waals surface area contributed by atoms with E-state index in [9.17, 15) is 14.7 Å². The van der Waals surface area contributed by atoms with E-state index in [1.807, 2.05) is 0 Å². The second kappa shape index (κ2) is 6.43. The second-order valence-electron chi connectivity index (χ2n) is 4.98. The number of ether oxygens (including phenoxy) is 1. The summed E-state index contributed by atoms with van der Waals surface area (Å²) < 4.78 is 10.7. The van der Waals surface area contributed by atoms with Gasteiger partial charge in [0.15, 0.2) is 11.3 Å². The van der Waals surface area contributed by atoms with E-state index in [4.69, 9.17) is 15.0 Å². The van der Waals surface area contributed by atoms with E-state index in [1.54, 1.807) is 48.5 Å². The van der Waals surface area contributed by atoms with Crippen molar-refractivity contribution < 1.29 is 23.8 Å². The summed E-state index contributed by atoms with van der Waals surface area (Å²) >= 11 is 0. The number of hydrogen-bond donors (Lipinski definition) is 2. The number of benzene rings is 2. The Balaban J connectivity index is 1.89. The first-order chi connectivity index (χ1) is 11.6. The van der Waals surface area contributed by atoms with Crippen LogP contribution in [0.1, 0.15) is 0 Å². The van der Waals surface area contributed by atoms with Crippen molar-refractivity contribution in [3.05, 3.63) is 60.9 Å². The van der Waals surface area contributed by atoms with Crippen LogP contribution in [0.15, 0.2) is 65.3 Å². The van der Waals surface area contributed by atoms with Crippen LogP contribution >= 0.6 is 0 Å². The number of aliphatic carboxylic acids is 1. The molecule has 3 N–H and O–H groups in total. The molecule has 3 aromatic rings. The number of fused-ring (bicyclic) bond motifs is 1. The van der Waals surface area contributed by atoms with E-state index in [2.05, 4.69) is 0 Å². The standard InChI is InChI=1S/C17H14N2O5/c18-19(12-6-2-1-3-7-12)16(20)15(17(21)22)24-13-8-4-5-11-9-10-23-14(11)13/h1-10,15H,18H2,(H,21,22). The van der Waals surface area contributed by atoms with Crippen LogP contribution < -0.4 is 15.6 Å². The Morgan fingerprint density at radius 2 is 1.83 bits per heavy atom. The molecule has 0 fully saturated rings. The smallest absolute Gasteiger partial charge is 0.355 e. The number of hydrazine groups is 1. The maximum Gasteiger partial charge on any atom is 0.355 e. The summed E-state index contributed by atoms with van der Waals surface area (Å²) in [5, 5.41) is 10.8.